The first kappa shape index (κ1) is 33.2. The van der Waals surface area contributed by atoms with Gasteiger partial charge in [-0.2, -0.15) is 5.26 Å². The number of hydrogen-bond donors (Lipinski definition) is 2. The Bertz CT molecular complexity index is 1400. The number of carbonyl (C=O) groups excluding carboxylic acids is 3. The van der Waals surface area contributed by atoms with Crippen LogP contribution in [0, 0.1) is 23.0 Å². The molecule has 1 saturated carbocycles. The van der Waals surface area contributed by atoms with Crippen molar-refractivity contribution in [1.29, 1.82) is 5.26 Å². The van der Waals surface area contributed by atoms with Crippen LogP contribution in [-0.2, 0) is 19.7 Å². The molecule has 11 nitrogen and oxygen atoms in total. The van der Waals surface area contributed by atoms with Gasteiger partial charge in [-0.25, -0.2) is 28.1 Å². The van der Waals surface area contributed by atoms with Crippen LogP contribution >= 0.6 is 12.4 Å². The number of amides is 4. The largest absolute Gasteiger partial charge is 0.466 e. The summed E-state index contributed by atoms with van der Waals surface area (Å²) in [6.45, 7) is -0.120. The van der Waals surface area contributed by atoms with Gasteiger partial charge >= 0.3 is 18.0 Å². The SMILES string of the molecule is COCC1=C(C(=O)OC)CN(C(=O)NCCN(c2ccc(F)c(F)c2)C2CCC(C#N)(c3ccccn3)CC2)C(=O)N1.Cl. The summed E-state index contributed by atoms with van der Waals surface area (Å²) >= 11 is 0. The van der Waals surface area contributed by atoms with Gasteiger partial charge < -0.3 is 25.0 Å². The standard InChI is InChI=1S/C29H32F2N6O5.ClH/c1-41-17-24-21(26(38)42-2)16-37(28(40)35-24)27(39)34-13-14-36(20-6-7-22(30)23(31)15-20)19-8-10-29(18-32,11-9-19)25-5-3-4-12-33-25;/h3-7,12,15,19H,8-11,13-14,16-17H2,1-2H3,(H,34,39)(H,35,40);1H. The van der Waals surface area contributed by atoms with E-state index in [0.29, 0.717) is 37.1 Å². The summed E-state index contributed by atoms with van der Waals surface area (Å²) in [4.78, 5) is 44.9. The van der Waals surface area contributed by atoms with E-state index in [-0.39, 0.29) is 56.0 Å². The summed E-state index contributed by atoms with van der Waals surface area (Å²) in [6.07, 6.45) is 3.82. The van der Waals surface area contributed by atoms with Gasteiger partial charge in [0.2, 0.25) is 0 Å². The van der Waals surface area contributed by atoms with Crippen LogP contribution in [0.25, 0.3) is 0 Å². The number of imide groups is 1. The van der Waals surface area contributed by atoms with Gasteiger partial charge in [0.1, 0.15) is 0 Å². The second kappa shape index (κ2) is 14.8. The predicted octanol–water partition coefficient (Wildman–Crippen LogP) is 3.80. The van der Waals surface area contributed by atoms with Crippen molar-refractivity contribution in [3.05, 3.63) is 71.2 Å². The minimum atomic E-state index is -1.00. The van der Waals surface area contributed by atoms with Crippen LogP contribution in [0.5, 0.6) is 0 Å². The molecule has 4 rings (SSSR count). The Morgan fingerprint density at radius 3 is 2.56 bits per heavy atom. The smallest absolute Gasteiger partial charge is 0.337 e. The van der Waals surface area contributed by atoms with Crippen molar-refractivity contribution in [2.75, 3.05) is 45.4 Å². The Balaban J connectivity index is 0.00000506. The Kier molecular flexibility index (Phi) is 11.4. The van der Waals surface area contributed by atoms with E-state index < -0.39 is 35.1 Å². The fourth-order valence-corrected chi connectivity index (χ4v) is 5.38. The van der Waals surface area contributed by atoms with Crippen molar-refractivity contribution in [1.82, 2.24) is 20.5 Å². The molecular formula is C29H33ClF2N6O5. The van der Waals surface area contributed by atoms with E-state index in [2.05, 4.69) is 21.7 Å². The number of nitrogens with one attached hydrogen (secondary N) is 2. The Hall–Kier alpha value is -4.28. The number of carbonyl (C=O) groups is 3. The van der Waals surface area contributed by atoms with E-state index in [1.165, 1.54) is 20.3 Å². The maximum Gasteiger partial charge on any atom is 0.337 e. The monoisotopic (exact) mass is 618 g/mol. The molecule has 2 aliphatic rings. The third kappa shape index (κ3) is 7.39. The molecule has 0 radical (unpaired) electrons. The van der Waals surface area contributed by atoms with Gasteiger partial charge in [-0.1, -0.05) is 6.07 Å². The maximum atomic E-state index is 14.2. The zero-order valence-corrected chi connectivity index (χ0v) is 24.6. The third-order valence-electron chi connectivity index (χ3n) is 7.63. The number of nitrogens with zero attached hydrogens (tertiary/aromatic N) is 4. The molecule has 1 aliphatic carbocycles. The number of urea groups is 2. The number of methoxy groups -OCH3 is 2. The highest BCUT2D eigenvalue weighted by molar-refractivity contribution is 6.00. The predicted molar refractivity (Wildman–Crippen MR) is 154 cm³/mol. The lowest BCUT2D eigenvalue weighted by atomic mass is 9.71. The van der Waals surface area contributed by atoms with Crippen LogP contribution in [0.4, 0.5) is 24.1 Å². The summed E-state index contributed by atoms with van der Waals surface area (Å²) in [6, 6.07) is 9.89. The fourth-order valence-electron chi connectivity index (χ4n) is 5.38. The molecule has 1 aromatic carbocycles. The summed E-state index contributed by atoms with van der Waals surface area (Å²) in [7, 11) is 2.59. The van der Waals surface area contributed by atoms with Gasteiger partial charge in [0, 0.05) is 44.2 Å². The van der Waals surface area contributed by atoms with Gasteiger partial charge in [0.25, 0.3) is 0 Å². The first-order valence-electron chi connectivity index (χ1n) is 13.4. The Labute approximate surface area is 254 Å². The summed E-state index contributed by atoms with van der Waals surface area (Å²) in [5, 5.41) is 15.2. The molecule has 0 bridgehead atoms. The topological polar surface area (TPSA) is 137 Å². The van der Waals surface area contributed by atoms with Crippen LogP contribution in [0.2, 0.25) is 0 Å². The zero-order valence-electron chi connectivity index (χ0n) is 23.8. The molecule has 2 N–H and O–H groups in total. The van der Waals surface area contributed by atoms with Crippen molar-refractivity contribution in [2.24, 2.45) is 0 Å². The van der Waals surface area contributed by atoms with E-state index in [1.807, 2.05) is 17.0 Å². The fraction of sp³-hybridized carbons (Fsp3) is 0.414. The highest BCUT2D eigenvalue weighted by Gasteiger charge is 2.40. The molecular weight excluding hydrogens is 586 g/mol. The van der Waals surface area contributed by atoms with Crippen LogP contribution < -0.4 is 15.5 Å². The molecule has 0 unspecified atom stereocenters. The van der Waals surface area contributed by atoms with E-state index in [0.717, 1.165) is 17.0 Å². The molecule has 4 amide bonds. The van der Waals surface area contributed by atoms with Gasteiger partial charge in [-0.3, -0.25) is 4.98 Å². The average molecular weight is 619 g/mol. The summed E-state index contributed by atoms with van der Waals surface area (Å²) in [5.74, 6) is -2.69. The average Bonchev–Trinajstić information content (AvgIpc) is 3.01. The lowest BCUT2D eigenvalue weighted by Gasteiger charge is -2.41. The molecule has 2 heterocycles. The van der Waals surface area contributed by atoms with Crippen LogP contribution in [0.3, 0.4) is 0 Å². The molecule has 0 saturated heterocycles. The van der Waals surface area contributed by atoms with Crippen molar-refractivity contribution < 1.29 is 32.6 Å². The lowest BCUT2D eigenvalue weighted by molar-refractivity contribution is -0.136. The normalized spacial score (nSPS) is 19.9. The highest BCUT2D eigenvalue weighted by Crippen LogP contribution is 2.40. The Morgan fingerprint density at radius 1 is 1.21 bits per heavy atom. The van der Waals surface area contributed by atoms with Gasteiger partial charge in [0.15, 0.2) is 11.6 Å². The number of pyridine rings is 1. The van der Waals surface area contributed by atoms with E-state index in [9.17, 15) is 28.4 Å². The van der Waals surface area contributed by atoms with Crippen molar-refractivity contribution in [3.63, 3.8) is 0 Å². The number of halogens is 3. The van der Waals surface area contributed by atoms with E-state index in [1.54, 1.807) is 12.3 Å². The summed E-state index contributed by atoms with van der Waals surface area (Å²) in [5.41, 5.74) is 0.658. The number of hydrogen-bond acceptors (Lipinski definition) is 8. The second-order valence-electron chi connectivity index (χ2n) is 10.1. The van der Waals surface area contributed by atoms with Gasteiger partial charge in [-0.05, 0) is 49.9 Å². The Morgan fingerprint density at radius 2 is 1.95 bits per heavy atom. The molecule has 1 aliphatic heterocycles. The molecule has 0 spiro atoms. The third-order valence-corrected chi connectivity index (χ3v) is 7.63. The van der Waals surface area contributed by atoms with Crippen molar-refractivity contribution >= 4 is 36.1 Å². The minimum Gasteiger partial charge on any atom is -0.466 e. The molecule has 0 atom stereocenters. The lowest BCUT2D eigenvalue weighted by Crippen LogP contribution is -2.54. The van der Waals surface area contributed by atoms with Crippen molar-refractivity contribution in [3.8, 4) is 6.07 Å². The van der Waals surface area contributed by atoms with Crippen molar-refractivity contribution in [2.45, 2.75) is 37.1 Å². The minimum absolute atomic E-state index is 0. The maximum absolute atomic E-state index is 14.2. The molecule has 14 heteroatoms. The molecule has 230 valence electrons. The number of rotatable bonds is 9. The zero-order chi connectivity index (χ0) is 30.3. The number of nitriles is 1. The molecule has 1 aromatic heterocycles. The number of benzene rings is 1. The van der Waals surface area contributed by atoms with Gasteiger partial charge in [0.05, 0.1) is 48.7 Å². The van der Waals surface area contributed by atoms with E-state index >= 15 is 0 Å². The van der Waals surface area contributed by atoms with E-state index in [4.69, 9.17) is 9.47 Å². The molecule has 43 heavy (non-hydrogen) atoms. The van der Waals surface area contributed by atoms with Crippen LogP contribution in [-0.4, -0.2) is 74.4 Å². The molecule has 1 fully saturated rings. The van der Waals surface area contributed by atoms with Crippen LogP contribution in [0.15, 0.2) is 53.9 Å². The summed E-state index contributed by atoms with van der Waals surface area (Å²) < 4.78 is 37.8. The highest BCUT2D eigenvalue weighted by atomic mass is 35.5. The number of aromatic nitrogens is 1. The first-order valence-corrected chi connectivity index (χ1v) is 13.4. The second-order valence-corrected chi connectivity index (χ2v) is 10.1. The quantitative estimate of drug-likeness (QED) is 0.405. The first-order chi connectivity index (χ1) is 20.2. The number of ether oxygens (including phenoxy) is 2. The molecule has 2 aromatic rings. The van der Waals surface area contributed by atoms with Crippen LogP contribution in [0.1, 0.15) is 31.4 Å². The van der Waals surface area contributed by atoms with Gasteiger partial charge in [-0.15, -0.1) is 12.4 Å². The number of esters is 1. The number of anilines is 1.